The summed E-state index contributed by atoms with van der Waals surface area (Å²) in [5, 5.41) is 11.7. The molecule has 0 amide bonds. The van der Waals surface area contributed by atoms with Gasteiger partial charge in [0.25, 0.3) is 0 Å². The normalized spacial score (nSPS) is 10.4. The van der Waals surface area contributed by atoms with E-state index in [4.69, 9.17) is 5.11 Å². The Hall–Kier alpha value is -2.04. The minimum atomic E-state index is -0.958. The second kappa shape index (κ2) is 3.02. The van der Waals surface area contributed by atoms with E-state index in [9.17, 15) is 4.79 Å². The van der Waals surface area contributed by atoms with Crippen LogP contribution in [0.1, 0.15) is 10.4 Å². The summed E-state index contributed by atoms with van der Waals surface area (Å²) < 4.78 is 1.76. The summed E-state index contributed by atoms with van der Waals surface area (Å²) in [6.07, 6.45) is 5.09. The first-order valence-electron chi connectivity index (χ1n) is 4.10. The zero-order chi connectivity index (χ0) is 10.1. The van der Waals surface area contributed by atoms with E-state index in [0.29, 0.717) is 11.3 Å². The Morgan fingerprint density at radius 1 is 1.64 bits per heavy atom. The average molecular weight is 191 g/mol. The number of hydrogen-bond acceptors (Lipinski definition) is 3. The number of anilines is 1. The van der Waals surface area contributed by atoms with Gasteiger partial charge in [-0.2, -0.15) is 0 Å². The van der Waals surface area contributed by atoms with Gasteiger partial charge in [-0.25, -0.2) is 9.78 Å². The van der Waals surface area contributed by atoms with E-state index in [1.54, 1.807) is 30.0 Å². The molecule has 0 saturated heterocycles. The molecule has 0 aromatic carbocycles. The predicted octanol–water partition coefficient (Wildman–Crippen LogP) is 1.07. The van der Waals surface area contributed by atoms with Crippen molar-refractivity contribution in [2.45, 2.75) is 0 Å². The molecule has 5 heteroatoms. The Labute approximate surface area is 80.0 Å². The summed E-state index contributed by atoms with van der Waals surface area (Å²) in [5.41, 5.74) is 1.43. The van der Waals surface area contributed by atoms with E-state index < -0.39 is 5.97 Å². The first-order valence-corrected chi connectivity index (χ1v) is 4.10. The van der Waals surface area contributed by atoms with Crippen molar-refractivity contribution < 1.29 is 9.90 Å². The monoisotopic (exact) mass is 191 g/mol. The van der Waals surface area contributed by atoms with Crippen LogP contribution in [0.3, 0.4) is 0 Å². The van der Waals surface area contributed by atoms with Gasteiger partial charge < -0.3 is 14.8 Å². The lowest BCUT2D eigenvalue weighted by Gasteiger charge is -2.05. The van der Waals surface area contributed by atoms with Crippen LogP contribution >= 0.6 is 0 Å². The van der Waals surface area contributed by atoms with Gasteiger partial charge in [0.15, 0.2) is 0 Å². The van der Waals surface area contributed by atoms with Gasteiger partial charge in [0.05, 0.1) is 11.3 Å². The van der Waals surface area contributed by atoms with Gasteiger partial charge in [-0.15, -0.1) is 0 Å². The fourth-order valence-electron chi connectivity index (χ4n) is 1.34. The Bertz CT molecular complexity index is 490. The van der Waals surface area contributed by atoms with Crippen molar-refractivity contribution in [1.82, 2.24) is 9.38 Å². The molecule has 0 saturated carbocycles. The number of carboxylic acid groups (broad SMARTS) is 1. The van der Waals surface area contributed by atoms with Gasteiger partial charge in [-0.1, -0.05) is 0 Å². The van der Waals surface area contributed by atoms with Gasteiger partial charge >= 0.3 is 5.97 Å². The van der Waals surface area contributed by atoms with Crippen LogP contribution in [0.25, 0.3) is 5.65 Å². The molecule has 0 aliphatic heterocycles. The summed E-state index contributed by atoms with van der Waals surface area (Å²) in [5.74, 6) is -0.958. The van der Waals surface area contributed by atoms with E-state index in [0.717, 1.165) is 0 Å². The van der Waals surface area contributed by atoms with Gasteiger partial charge in [-0.3, -0.25) is 0 Å². The highest BCUT2D eigenvalue weighted by atomic mass is 16.4. The maximum absolute atomic E-state index is 10.9. The van der Waals surface area contributed by atoms with Gasteiger partial charge in [0.2, 0.25) is 0 Å². The molecule has 2 heterocycles. The van der Waals surface area contributed by atoms with E-state index in [2.05, 4.69) is 10.3 Å². The number of carboxylic acids is 1. The molecular formula is C9H9N3O2. The zero-order valence-electron chi connectivity index (χ0n) is 7.56. The Morgan fingerprint density at radius 3 is 3.07 bits per heavy atom. The summed E-state index contributed by atoms with van der Waals surface area (Å²) in [7, 11) is 1.69. The average Bonchev–Trinajstić information content (AvgIpc) is 2.62. The fraction of sp³-hybridized carbons (Fsp3) is 0.111. The molecule has 0 atom stereocenters. The zero-order valence-corrected chi connectivity index (χ0v) is 7.56. The number of carbonyl (C=O) groups is 1. The number of nitrogens with zero attached hydrogens (tertiary/aromatic N) is 2. The Kier molecular flexibility index (Phi) is 1.85. The van der Waals surface area contributed by atoms with Crippen molar-refractivity contribution in [3.05, 3.63) is 30.2 Å². The standard InChI is InChI=1S/C9H9N3O2/c1-10-7-5-12-3-2-11-8(12)4-6(7)9(13)14/h2-5,10H,1H3,(H,13,14). The van der Waals surface area contributed by atoms with Crippen LogP contribution in [0, 0.1) is 0 Å². The highest BCUT2D eigenvalue weighted by molar-refractivity contribution is 5.95. The smallest absolute Gasteiger partial charge is 0.337 e. The van der Waals surface area contributed by atoms with Crippen LogP contribution in [0.2, 0.25) is 0 Å². The number of nitrogens with one attached hydrogen (secondary N) is 1. The maximum Gasteiger partial charge on any atom is 0.337 e. The minimum absolute atomic E-state index is 0.228. The molecule has 2 rings (SSSR count). The third-order valence-corrected chi connectivity index (χ3v) is 2.03. The van der Waals surface area contributed by atoms with Crippen molar-refractivity contribution in [2.24, 2.45) is 0 Å². The number of aromatic carboxylic acids is 1. The van der Waals surface area contributed by atoms with Gasteiger partial charge in [0, 0.05) is 25.6 Å². The maximum atomic E-state index is 10.9. The fourth-order valence-corrected chi connectivity index (χ4v) is 1.34. The quantitative estimate of drug-likeness (QED) is 0.745. The van der Waals surface area contributed by atoms with Crippen LogP contribution in [0.5, 0.6) is 0 Å². The van der Waals surface area contributed by atoms with Crippen molar-refractivity contribution in [3.63, 3.8) is 0 Å². The number of imidazole rings is 1. The molecule has 2 aromatic rings. The molecule has 14 heavy (non-hydrogen) atoms. The lowest BCUT2D eigenvalue weighted by molar-refractivity contribution is 0.0698. The molecule has 0 bridgehead atoms. The number of fused-ring (bicyclic) bond motifs is 1. The third-order valence-electron chi connectivity index (χ3n) is 2.03. The van der Waals surface area contributed by atoms with E-state index >= 15 is 0 Å². The molecule has 0 spiro atoms. The minimum Gasteiger partial charge on any atom is -0.478 e. The molecule has 0 unspecified atom stereocenters. The highest BCUT2D eigenvalue weighted by Gasteiger charge is 2.10. The predicted molar refractivity (Wildman–Crippen MR) is 51.7 cm³/mol. The third kappa shape index (κ3) is 1.19. The molecule has 0 aliphatic carbocycles. The Balaban J connectivity index is 2.72. The van der Waals surface area contributed by atoms with Crippen LogP contribution in [-0.4, -0.2) is 27.5 Å². The Morgan fingerprint density at radius 2 is 2.43 bits per heavy atom. The number of hydrogen-bond donors (Lipinski definition) is 2. The topological polar surface area (TPSA) is 66.6 Å². The lowest BCUT2D eigenvalue weighted by atomic mass is 10.2. The van der Waals surface area contributed by atoms with Gasteiger partial charge in [0.1, 0.15) is 5.65 Å². The SMILES string of the molecule is CNc1cn2ccnc2cc1C(=O)O. The number of rotatable bonds is 2. The molecule has 72 valence electrons. The van der Waals surface area contributed by atoms with Gasteiger partial charge in [-0.05, 0) is 6.07 Å². The van der Waals surface area contributed by atoms with Crippen LogP contribution in [-0.2, 0) is 0 Å². The van der Waals surface area contributed by atoms with E-state index in [1.807, 2.05) is 0 Å². The second-order valence-electron chi connectivity index (χ2n) is 2.85. The van der Waals surface area contributed by atoms with E-state index in [-0.39, 0.29) is 5.56 Å². The molecule has 0 fully saturated rings. The second-order valence-corrected chi connectivity index (χ2v) is 2.85. The first-order chi connectivity index (χ1) is 6.72. The summed E-state index contributed by atoms with van der Waals surface area (Å²) in [4.78, 5) is 14.9. The number of pyridine rings is 1. The van der Waals surface area contributed by atoms with Crippen molar-refractivity contribution in [3.8, 4) is 0 Å². The van der Waals surface area contributed by atoms with Crippen LogP contribution < -0.4 is 5.32 Å². The summed E-state index contributed by atoms with van der Waals surface area (Å²) in [6, 6.07) is 1.54. The molecule has 5 nitrogen and oxygen atoms in total. The largest absolute Gasteiger partial charge is 0.478 e. The lowest BCUT2D eigenvalue weighted by Crippen LogP contribution is -2.04. The van der Waals surface area contributed by atoms with Crippen molar-refractivity contribution in [2.75, 3.05) is 12.4 Å². The van der Waals surface area contributed by atoms with Crippen molar-refractivity contribution >= 4 is 17.3 Å². The van der Waals surface area contributed by atoms with Crippen molar-refractivity contribution in [1.29, 1.82) is 0 Å². The molecule has 0 aliphatic rings. The summed E-state index contributed by atoms with van der Waals surface area (Å²) in [6.45, 7) is 0. The first kappa shape index (κ1) is 8.55. The number of aromatic nitrogens is 2. The summed E-state index contributed by atoms with van der Waals surface area (Å²) >= 11 is 0. The molecule has 2 aromatic heterocycles. The van der Waals surface area contributed by atoms with E-state index in [1.165, 1.54) is 6.07 Å². The molecular weight excluding hydrogens is 182 g/mol. The van der Waals surface area contributed by atoms with Crippen LogP contribution in [0.4, 0.5) is 5.69 Å². The highest BCUT2D eigenvalue weighted by Crippen LogP contribution is 2.16. The molecule has 2 N–H and O–H groups in total. The van der Waals surface area contributed by atoms with Crippen LogP contribution in [0.15, 0.2) is 24.7 Å². The molecule has 0 radical (unpaired) electrons.